The molecule has 0 atom stereocenters. The van der Waals surface area contributed by atoms with E-state index in [-0.39, 0.29) is 5.92 Å². The van der Waals surface area contributed by atoms with E-state index in [0.717, 1.165) is 18.9 Å². The van der Waals surface area contributed by atoms with Gasteiger partial charge in [0.1, 0.15) is 36.1 Å². The van der Waals surface area contributed by atoms with Gasteiger partial charge in [-0.05, 0) is 72.8 Å². The van der Waals surface area contributed by atoms with E-state index in [4.69, 9.17) is 14.2 Å². The minimum atomic E-state index is -0.109. The number of ether oxygens (including phenoxy) is 3. The summed E-state index contributed by atoms with van der Waals surface area (Å²) in [4.78, 5) is 32.4. The average Bonchev–Trinajstić information content (AvgIpc) is 2.84. The van der Waals surface area contributed by atoms with Gasteiger partial charge in [0.25, 0.3) is 0 Å². The summed E-state index contributed by atoms with van der Waals surface area (Å²) in [7, 11) is 0. The molecule has 0 N–H and O–H groups in total. The molecule has 0 unspecified atom stereocenters. The van der Waals surface area contributed by atoms with Crippen LogP contribution in [0.4, 0.5) is 0 Å². The summed E-state index contributed by atoms with van der Waals surface area (Å²) in [5.74, 6) is 1.81. The number of hydrogen-bond donors (Lipinski definition) is 0. The fourth-order valence-electron chi connectivity index (χ4n) is 2.71. The number of aldehydes is 3. The normalized spacial score (nSPS) is 10.4. The van der Waals surface area contributed by atoms with Gasteiger partial charge in [-0.25, -0.2) is 0 Å². The summed E-state index contributed by atoms with van der Waals surface area (Å²) in [6, 6.07) is 20.5. The molecule has 0 amide bonds. The molecule has 0 aliphatic heterocycles. The molecular weight excluding hydrogens is 396 g/mol. The molecule has 6 nitrogen and oxygen atoms in total. The number of rotatable bonds is 12. The van der Waals surface area contributed by atoms with Crippen LogP contribution in [0.15, 0.2) is 72.8 Å². The summed E-state index contributed by atoms with van der Waals surface area (Å²) in [5.41, 5.74) is 1.73. The highest BCUT2D eigenvalue weighted by atomic mass is 16.5. The van der Waals surface area contributed by atoms with Crippen molar-refractivity contribution in [2.45, 2.75) is 0 Å². The second-order valence-electron chi connectivity index (χ2n) is 6.86. The third-order valence-electron chi connectivity index (χ3n) is 4.51. The van der Waals surface area contributed by atoms with Crippen LogP contribution < -0.4 is 14.2 Å². The predicted octanol–water partition coefficient (Wildman–Crippen LogP) is 4.28. The largest absolute Gasteiger partial charge is 0.493 e. The molecule has 0 aliphatic carbocycles. The van der Waals surface area contributed by atoms with Gasteiger partial charge in [-0.2, -0.15) is 0 Å². The second kappa shape index (κ2) is 11.3. The molecule has 6 heteroatoms. The molecule has 3 aromatic carbocycles. The van der Waals surface area contributed by atoms with Crippen molar-refractivity contribution in [2.24, 2.45) is 5.92 Å². The SMILES string of the molecule is O=Cc1ccc(OCC(COc2ccc(C=O)cc2)COc2ccc(C=O)cc2)cc1. The number of hydrogen-bond acceptors (Lipinski definition) is 6. The lowest BCUT2D eigenvalue weighted by Crippen LogP contribution is -2.26. The van der Waals surface area contributed by atoms with E-state index in [9.17, 15) is 14.4 Å². The Labute approximate surface area is 180 Å². The first-order valence-electron chi connectivity index (χ1n) is 9.74. The molecule has 0 spiro atoms. The van der Waals surface area contributed by atoms with E-state index in [1.54, 1.807) is 72.8 Å². The lowest BCUT2D eigenvalue weighted by molar-refractivity contribution is 0.111. The highest BCUT2D eigenvalue weighted by Crippen LogP contribution is 2.17. The van der Waals surface area contributed by atoms with Gasteiger partial charge in [0, 0.05) is 16.7 Å². The van der Waals surface area contributed by atoms with Crippen molar-refractivity contribution < 1.29 is 28.6 Å². The van der Waals surface area contributed by atoms with Gasteiger partial charge in [0.05, 0.1) is 25.7 Å². The maximum Gasteiger partial charge on any atom is 0.150 e. The van der Waals surface area contributed by atoms with Crippen molar-refractivity contribution in [1.82, 2.24) is 0 Å². The minimum Gasteiger partial charge on any atom is -0.493 e. The fourth-order valence-corrected chi connectivity index (χ4v) is 2.71. The molecule has 158 valence electrons. The van der Waals surface area contributed by atoms with Crippen LogP contribution in [0.5, 0.6) is 17.2 Å². The summed E-state index contributed by atoms with van der Waals surface area (Å²) in [6.07, 6.45) is 2.33. The van der Waals surface area contributed by atoms with Crippen molar-refractivity contribution in [2.75, 3.05) is 19.8 Å². The van der Waals surface area contributed by atoms with Crippen molar-refractivity contribution in [3.63, 3.8) is 0 Å². The standard InChI is InChI=1S/C25H22O6/c26-13-19-1-7-23(8-2-19)29-16-22(17-30-24-9-3-20(14-27)4-10-24)18-31-25-11-5-21(15-28)6-12-25/h1-15,22H,16-18H2. The van der Waals surface area contributed by atoms with Gasteiger partial charge >= 0.3 is 0 Å². The lowest BCUT2D eigenvalue weighted by Gasteiger charge is -2.19. The summed E-state index contributed by atoms with van der Waals surface area (Å²) >= 11 is 0. The Hall–Kier alpha value is -3.93. The first-order valence-corrected chi connectivity index (χ1v) is 9.74. The number of benzene rings is 3. The Morgan fingerprint density at radius 1 is 0.484 bits per heavy atom. The van der Waals surface area contributed by atoms with Crippen LogP contribution in [0.25, 0.3) is 0 Å². The molecule has 3 rings (SSSR count). The molecule has 0 saturated heterocycles. The third kappa shape index (κ3) is 6.82. The molecule has 0 heterocycles. The zero-order chi connectivity index (χ0) is 21.9. The van der Waals surface area contributed by atoms with Gasteiger partial charge in [0.15, 0.2) is 0 Å². The maximum atomic E-state index is 10.8. The monoisotopic (exact) mass is 418 g/mol. The number of carbonyl (C=O) groups excluding carboxylic acids is 3. The molecule has 0 radical (unpaired) electrons. The van der Waals surface area contributed by atoms with Crippen molar-refractivity contribution in [3.8, 4) is 17.2 Å². The molecule has 3 aromatic rings. The summed E-state index contributed by atoms with van der Waals surface area (Å²) < 4.78 is 17.5. The summed E-state index contributed by atoms with van der Waals surface area (Å²) in [6.45, 7) is 0.998. The Bertz CT molecular complexity index is 846. The van der Waals surface area contributed by atoms with Crippen LogP contribution in [0.3, 0.4) is 0 Å². The molecule has 0 saturated carbocycles. The van der Waals surface area contributed by atoms with Gasteiger partial charge < -0.3 is 14.2 Å². The highest BCUT2D eigenvalue weighted by molar-refractivity contribution is 5.75. The molecule has 0 bridgehead atoms. The van der Waals surface area contributed by atoms with E-state index in [2.05, 4.69) is 0 Å². The van der Waals surface area contributed by atoms with E-state index in [0.29, 0.717) is 53.8 Å². The zero-order valence-electron chi connectivity index (χ0n) is 16.8. The first kappa shape index (κ1) is 21.8. The van der Waals surface area contributed by atoms with E-state index in [1.165, 1.54) is 0 Å². The summed E-state index contributed by atoms with van der Waals surface area (Å²) in [5, 5.41) is 0. The van der Waals surface area contributed by atoms with Crippen LogP contribution in [0.2, 0.25) is 0 Å². The lowest BCUT2D eigenvalue weighted by atomic mass is 10.2. The fraction of sp³-hybridized carbons (Fsp3) is 0.160. The van der Waals surface area contributed by atoms with Crippen molar-refractivity contribution in [3.05, 3.63) is 89.5 Å². The van der Waals surface area contributed by atoms with E-state index < -0.39 is 0 Å². The zero-order valence-corrected chi connectivity index (χ0v) is 16.8. The minimum absolute atomic E-state index is 0.109. The maximum absolute atomic E-state index is 10.8. The predicted molar refractivity (Wildman–Crippen MR) is 115 cm³/mol. The quantitative estimate of drug-likeness (QED) is 0.409. The smallest absolute Gasteiger partial charge is 0.150 e. The average molecular weight is 418 g/mol. The van der Waals surface area contributed by atoms with E-state index in [1.807, 2.05) is 0 Å². The van der Waals surface area contributed by atoms with E-state index >= 15 is 0 Å². The molecule has 0 aromatic heterocycles. The molecule has 31 heavy (non-hydrogen) atoms. The van der Waals surface area contributed by atoms with Gasteiger partial charge in [-0.3, -0.25) is 14.4 Å². The highest BCUT2D eigenvalue weighted by Gasteiger charge is 2.13. The van der Waals surface area contributed by atoms with Crippen LogP contribution in [0, 0.1) is 5.92 Å². The van der Waals surface area contributed by atoms with Gasteiger partial charge in [-0.15, -0.1) is 0 Å². The topological polar surface area (TPSA) is 78.9 Å². The van der Waals surface area contributed by atoms with Crippen LogP contribution in [-0.2, 0) is 0 Å². The molecule has 0 aliphatic rings. The Kier molecular flexibility index (Phi) is 7.94. The first-order chi connectivity index (χ1) is 15.2. The number of carbonyl (C=O) groups is 3. The van der Waals surface area contributed by atoms with Crippen LogP contribution in [0.1, 0.15) is 31.1 Å². The van der Waals surface area contributed by atoms with Crippen molar-refractivity contribution in [1.29, 1.82) is 0 Å². The Balaban J connectivity index is 1.61. The third-order valence-corrected chi connectivity index (χ3v) is 4.51. The molecule has 0 fully saturated rings. The second-order valence-corrected chi connectivity index (χ2v) is 6.86. The Morgan fingerprint density at radius 2 is 0.742 bits per heavy atom. The van der Waals surface area contributed by atoms with Crippen molar-refractivity contribution >= 4 is 18.9 Å². The Morgan fingerprint density at radius 3 is 0.968 bits per heavy atom. The van der Waals surface area contributed by atoms with Gasteiger partial charge in [0.2, 0.25) is 0 Å². The van der Waals surface area contributed by atoms with Gasteiger partial charge in [-0.1, -0.05) is 0 Å². The van der Waals surface area contributed by atoms with Crippen LogP contribution in [-0.4, -0.2) is 38.7 Å². The van der Waals surface area contributed by atoms with Crippen LogP contribution >= 0.6 is 0 Å². The molecular formula is C25H22O6.